The Kier molecular flexibility index (Phi) is 4.56. The number of sulfone groups is 1. The number of halogens is 2. The third-order valence-corrected chi connectivity index (χ3v) is 4.77. The zero-order valence-corrected chi connectivity index (χ0v) is 14.3. The van der Waals surface area contributed by atoms with Crippen LogP contribution >= 0.6 is 11.6 Å². The summed E-state index contributed by atoms with van der Waals surface area (Å²) in [5.41, 5.74) is 11.1. The maximum atomic E-state index is 13.2. The second-order valence-electron chi connectivity index (χ2n) is 4.91. The maximum Gasteiger partial charge on any atom is 0.245 e. The normalized spacial score (nSPS) is 12.5. The van der Waals surface area contributed by atoms with Gasteiger partial charge >= 0.3 is 0 Å². The van der Waals surface area contributed by atoms with Gasteiger partial charge in [-0.05, 0) is 23.4 Å². The van der Waals surface area contributed by atoms with Crippen molar-refractivity contribution in [3.63, 3.8) is 0 Å². The van der Waals surface area contributed by atoms with E-state index >= 15 is 0 Å². The van der Waals surface area contributed by atoms with Crippen LogP contribution in [0.25, 0.3) is 0 Å². The van der Waals surface area contributed by atoms with Gasteiger partial charge in [0.2, 0.25) is 20.9 Å². The fraction of sp³-hybridized carbons (Fsp3) is 0.0833. The van der Waals surface area contributed by atoms with E-state index in [0.29, 0.717) is 0 Å². The number of H-pyrrole nitrogens is 1. The van der Waals surface area contributed by atoms with E-state index < -0.39 is 26.6 Å². The average molecular weight is 401 g/mol. The fourth-order valence-electron chi connectivity index (χ4n) is 1.89. The molecule has 0 fully saturated rings. The molecule has 0 unspecified atom stereocenters. The lowest BCUT2D eigenvalue weighted by Gasteiger charge is -2.01. The van der Waals surface area contributed by atoms with Crippen LogP contribution in [0.4, 0.5) is 16.0 Å². The van der Waals surface area contributed by atoms with Gasteiger partial charge in [0.15, 0.2) is 11.5 Å². The number of aliphatic imine (C=N–C) groups is 1. The fourth-order valence-corrected chi connectivity index (χ4v) is 3.17. The predicted octanol–water partition coefficient (Wildman–Crippen LogP) is 0.573. The predicted molar refractivity (Wildman–Crippen MR) is 87.8 cm³/mol. The monoisotopic (exact) mass is 400 g/mol. The number of nitrogens with one attached hydrogen (secondary N) is 1. The molecule has 3 rings (SSSR count). The molecule has 5 N–H and O–H groups in total. The van der Waals surface area contributed by atoms with Crippen molar-refractivity contribution in [1.82, 2.24) is 25.5 Å². The highest BCUT2D eigenvalue weighted by Crippen LogP contribution is 2.22. The first-order valence-electron chi connectivity index (χ1n) is 6.78. The molecule has 0 amide bonds. The summed E-state index contributed by atoms with van der Waals surface area (Å²) in [5.74, 6) is -1.68. The first kappa shape index (κ1) is 17.8. The van der Waals surface area contributed by atoms with E-state index in [-0.39, 0.29) is 33.9 Å². The van der Waals surface area contributed by atoms with E-state index in [0.717, 1.165) is 6.07 Å². The number of amidine groups is 1. The van der Waals surface area contributed by atoms with Crippen molar-refractivity contribution in [2.45, 2.75) is 10.9 Å². The Morgan fingerprint density at radius 2 is 2.15 bits per heavy atom. The molecule has 136 valence electrons. The molecule has 0 bridgehead atoms. The number of rotatable bonds is 5. The molecule has 0 spiro atoms. The van der Waals surface area contributed by atoms with E-state index in [4.69, 9.17) is 23.1 Å². The van der Waals surface area contributed by atoms with Crippen LogP contribution in [0.1, 0.15) is 11.4 Å². The van der Waals surface area contributed by atoms with E-state index in [1.165, 1.54) is 12.1 Å². The first-order valence-corrected chi connectivity index (χ1v) is 8.81. The Balaban J connectivity index is 1.90. The van der Waals surface area contributed by atoms with Crippen molar-refractivity contribution in [1.29, 1.82) is 0 Å². The maximum absolute atomic E-state index is 13.2. The van der Waals surface area contributed by atoms with Crippen molar-refractivity contribution in [3.05, 3.63) is 40.4 Å². The Bertz CT molecular complexity index is 1090. The lowest BCUT2D eigenvalue weighted by atomic mass is 10.3. The zero-order valence-electron chi connectivity index (χ0n) is 12.7. The van der Waals surface area contributed by atoms with Gasteiger partial charge in [-0.1, -0.05) is 16.8 Å². The molecule has 26 heavy (non-hydrogen) atoms. The van der Waals surface area contributed by atoms with Crippen LogP contribution in [0.3, 0.4) is 0 Å². The van der Waals surface area contributed by atoms with Gasteiger partial charge < -0.3 is 11.5 Å². The Morgan fingerprint density at radius 3 is 2.81 bits per heavy atom. The molecule has 3 aromatic rings. The van der Waals surface area contributed by atoms with Crippen molar-refractivity contribution in [3.8, 4) is 0 Å². The Morgan fingerprint density at radius 1 is 1.38 bits per heavy atom. The van der Waals surface area contributed by atoms with Crippen LogP contribution in [-0.2, 0) is 15.6 Å². The molecule has 0 aliphatic rings. The van der Waals surface area contributed by atoms with Crippen LogP contribution in [-0.4, -0.2) is 39.7 Å². The van der Waals surface area contributed by atoms with Crippen LogP contribution in [0.2, 0.25) is 5.02 Å². The molecule has 0 saturated carbocycles. The molecule has 11 nitrogen and oxygen atoms in total. The van der Waals surface area contributed by atoms with Gasteiger partial charge in [0.1, 0.15) is 17.3 Å². The van der Waals surface area contributed by atoms with Gasteiger partial charge in [-0.15, -0.1) is 5.10 Å². The molecule has 14 heteroatoms. The molecule has 0 radical (unpaired) electrons. The summed E-state index contributed by atoms with van der Waals surface area (Å²) < 4.78 is 42.3. The molecule has 0 saturated heterocycles. The third-order valence-electron chi connectivity index (χ3n) is 3.06. The summed E-state index contributed by atoms with van der Waals surface area (Å²) in [6.07, 6.45) is 0. The van der Waals surface area contributed by atoms with Gasteiger partial charge in [-0.3, -0.25) is 0 Å². The minimum absolute atomic E-state index is 0.0958. The molecular formula is C12H10ClFN8O3S. The standard InChI is InChI=1S/C12H10ClFN8O3S/c13-6-3-5(1-2-7(6)14)17-10(15)9-8(21-25-22-9)4-26(23,24)12-18-11(16)19-20-12/h1-3H,4H2,(H2,15,17)(H3,16,18,19,20). The quantitative estimate of drug-likeness (QED) is 0.407. The van der Waals surface area contributed by atoms with E-state index in [1.54, 1.807) is 0 Å². The van der Waals surface area contributed by atoms with E-state index in [2.05, 4.69) is 35.1 Å². The highest BCUT2D eigenvalue weighted by atomic mass is 35.5. The van der Waals surface area contributed by atoms with Crippen LogP contribution < -0.4 is 11.5 Å². The zero-order chi connectivity index (χ0) is 18.9. The lowest BCUT2D eigenvalue weighted by molar-refractivity contribution is 0.303. The minimum atomic E-state index is -3.96. The number of benzene rings is 1. The van der Waals surface area contributed by atoms with Gasteiger partial charge in [0, 0.05) is 0 Å². The minimum Gasteiger partial charge on any atom is -0.382 e. The summed E-state index contributed by atoms with van der Waals surface area (Å²) in [6.45, 7) is 0. The number of nitrogen functional groups attached to an aromatic ring is 1. The van der Waals surface area contributed by atoms with Crippen LogP contribution in [0.5, 0.6) is 0 Å². The molecule has 2 aromatic heterocycles. The number of aromatic nitrogens is 5. The first-order chi connectivity index (χ1) is 12.3. The van der Waals surface area contributed by atoms with Crippen molar-refractivity contribution >= 4 is 38.9 Å². The third kappa shape index (κ3) is 3.62. The highest BCUT2D eigenvalue weighted by Gasteiger charge is 2.25. The van der Waals surface area contributed by atoms with Crippen molar-refractivity contribution in [2.24, 2.45) is 10.7 Å². The van der Waals surface area contributed by atoms with Gasteiger partial charge in [-0.2, -0.15) is 4.98 Å². The number of hydrogen-bond donors (Lipinski definition) is 3. The van der Waals surface area contributed by atoms with Gasteiger partial charge in [0.25, 0.3) is 0 Å². The summed E-state index contributed by atoms with van der Waals surface area (Å²) in [4.78, 5) is 7.56. The smallest absolute Gasteiger partial charge is 0.245 e. The lowest BCUT2D eigenvalue weighted by Crippen LogP contribution is -2.18. The van der Waals surface area contributed by atoms with Crippen LogP contribution in [0, 0.1) is 5.82 Å². The Labute approximate surface area is 150 Å². The van der Waals surface area contributed by atoms with Crippen molar-refractivity contribution in [2.75, 3.05) is 5.73 Å². The Hall–Kier alpha value is -3.06. The number of nitrogens with zero attached hydrogens (tertiary/aromatic N) is 5. The van der Waals surface area contributed by atoms with Crippen molar-refractivity contribution < 1.29 is 17.4 Å². The molecule has 0 aliphatic heterocycles. The molecule has 0 aliphatic carbocycles. The summed E-state index contributed by atoms with van der Waals surface area (Å²) >= 11 is 5.67. The number of aromatic amines is 1. The second kappa shape index (κ2) is 6.68. The number of hydrogen-bond acceptors (Lipinski definition) is 9. The second-order valence-corrected chi connectivity index (χ2v) is 7.22. The summed E-state index contributed by atoms with van der Waals surface area (Å²) in [6, 6.07) is 3.68. The summed E-state index contributed by atoms with van der Waals surface area (Å²) in [7, 11) is -3.96. The number of anilines is 1. The highest BCUT2D eigenvalue weighted by molar-refractivity contribution is 7.90. The topological polar surface area (TPSA) is 179 Å². The largest absolute Gasteiger partial charge is 0.382 e. The SMILES string of the molecule is NC(=Nc1ccc(F)c(Cl)c1)c1nonc1CS(=O)(=O)c1nc(N)n[nH]1. The van der Waals surface area contributed by atoms with Gasteiger partial charge in [0.05, 0.1) is 10.7 Å². The van der Waals surface area contributed by atoms with Crippen LogP contribution in [0.15, 0.2) is 33.0 Å². The average Bonchev–Trinajstić information content (AvgIpc) is 3.20. The van der Waals surface area contributed by atoms with E-state index in [9.17, 15) is 12.8 Å². The van der Waals surface area contributed by atoms with Gasteiger partial charge in [-0.25, -0.2) is 27.5 Å². The molecule has 2 heterocycles. The van der Waals surface area contributed by atoms with E-state index in [1.807, 2.05) is 0 Å². The molecule has 1 aromatic carbocycles. The number of nitrogens with two attached hydrogens (primary N) is 2. The molecular weight excluding hydrogens is 391 g/mol. The summed E-state index contributed by atoms with van der Waals surface area (Å²) in [5, 5.41) is 12.1. The molecule has 0 atom stereocenters.